The van der Waals surface area contributed by atoms with Gasteiger partial charge in [-0.2, -0.15) is 0 Å². The molecule has 0 saturated carbocycles. The first-order valence-corrected chi connectivity index (χ1v) is 5.25. The Morgan fingerprint density at radius 3 is 2.75 bits per heavy atom. The molecule has 0 unspecified atom stereocenters. The number of carbonyl (C=O) groups excluding carboxylic acids is 1. The maximum absolute atomic E-state index is 11.5. The van der Waals surface area contributed by atoms with Crippen LogP contribution in [-0.2, 0) is 9.53 Å². The van der Waals surface area contributed by atoms with E-state index in [4.69, 9.17) is 16.3 Å². The third-order valence-corrected chi connectivity index (χ3v) is 2.23. The molecule has 1 heterocycles. The zero-order valence-corrected chi connectivity index (χ0v) is 10.2. The first-order chi connectivity index (χ1) is 7.54. The van der Waals surface area contributed by atoms with Crippen molar-refractivity contribution in [2.24, 2.45) is 5.92 Å². The van der Waals surface area contributed by atoms with Crippen LogP contribution in [0.15, 0.2) is 12.3 Å². The summed E-state index contributed by atoms with van der Waals surface area (Å²) >= 11 is 5.64. The Balaban J connectivity index is 2.79. The van der Waals surface area contributed by atoms with Crippen LogP contribution in [0.2, 0.25) is 5.28 Å². The summed E-state index contributed by atoms with van der Waals surface area (Å²) in [6.07, 6.45) is 1.52. The molecule has 1 aromatic rings. The van der Waals surface area contributed by atoms with Gasteiger partial charge in [-0.05, 0) is 23.6 Å². The van der Waals surface area contributed by atoms with Gasteiger partial charge in [0.05, 0.1) is 7.11 Å². The van der Waals surface area contributed by atoms with Crippen LogP contribution in [-0.4, -0.2) is 29.1 Å². The number of nitrogens with one attached hydrogen (secondary N) is 1. The van der Waals surface area contributed by atoms with Gasteiger partial charge >= 0.3 is 5.97 Å². The van der Waals surface area contributed by atoms with Gasteiger partial charge in [-0.3, -0.25) is 0 Å². The lowest BCUT2D eigenvalue weighted by molar-refractivity contribution is -0.142. The second-order valence-electron chi connectivity index (χ2n) is 3.60. The van der Waals surface area contributed by atoms with E-state index < -0.39 is 6.04 Å². The van der Waals surface area contributed by atoms with E-state index in [1.54, 1.807) is 6.07 Å². The predicted molar refractivity (Wildman–Crippen MR) is 61.3 cm³/mol. The van der Waals surface area contributed by atoms with Gasteiger partial charge < -0.3 is 10.1 Å². The molecule has 1 N–H and O–H groups in total. The Morgan fingerprint density at radius 2 is 2.25 bits per heavy atom. The lowest BCUT2D eigenvalue weighted by Gasteiger charge is -2.20. The van der Waals surface area contributed by atoms with E-state index in [1.165, 1.54) is 13.3 Å². The molecule has 0 aromatic carbocycles. The number of carbonyl (C=O) groups is 1. The van der Waals surface area contributed by atoms with Gasteiger partial charge in [0, 0.05) is 6.20 Å². The maximum atomic E-state index is 11.5. The molecule has 0 radical (unpaired) electrons. The number of rotatable bonds is 4. The normalized spacial score (nSPS) is 12.3. The van der Waals surface area contributed by atoms with Gasteiger partial charge in [0.15, 0.2) is 0 Å². The van der Waals surface area contributed by atoms with Crippen LogP contribution >= 0.6 is 11.6 Å². The Morgan fingerprint density at radius 1 is 1.56 bits per heavy atom. The highest BCUT2D eigenvalue weighted by molar-refractivity contribution is 6.28. The van der Waals surface area contributed by atoms with Crippen LogP contribution < -0.4 is 5.32 Å². The van der Waals surface area contributed by atoms with Crippen LogP contribution in [0.3, 0.4) is 0 Å². The zero-order chi connectivity index (χ0) is 12.1. The van der Waals surface area contributed by atoms with Crippen molar-refractivity contribution in [2.45, 2.75) is 19.9 Å². The monoisotopic (exact) mass is 243 g/mol. The molecule has 16 heavy (non-hydrogen) atoms. The lowest BCUT2D eigenvalue weighted by atomic mass is 10.1. The van der Waals surface area contributed by atoms with E-state index in [0.717, 1.165) is 0 Å². The molecule has 88 valence electrons. The van der Waals surface area contributed by atoms with Crippen molar-refractivity contribution in [3.63, 3.8) is 0 Å². The third kappa shape index (κ3) is 3.34. The first-order valence-electron chi connectivity index (χ1n) is 4.87. The van der Waals surface area contributed by atoms with Crippen LogP contribution in [0.4, 0.5) is 5.82 Å². The second kappa shape index (κ2) is 5.65. The minimum atomic E-state index is -0.448. The summed E-state index contributed by atoms with van der Waals surface area (Å²) in [5.41, 5.74) is 0. The molecular formula is C10H14ClN3O2. The smallest absolute Gasteiger partial charge is 0.328 e. The average Bonchev–Trinajstić information content (AvgIpc) is 2.24. The van der Waals surface area contributed by atoms with Crippen LogP contribution in [0.25, 0.3) is 0 Å². The Kier molecular flexibility index (Phi) is 4.49. The molecule has 6 heteroatoms. The zero-order valence-electron chi connectivity index (χ0n) is 9.40. The fourth-order valence-electron chi connectivity index (χ4n) is 1.20. The van der Waals surface area contributed by atoms with Gasteiger partial charge in [-0.15, -0.1) is 0 Å². The van der Waals surface area contributed by atoms with Gasteiger partial charge in [0.1, 0.15) is 11.9 Å². The van der Waals surface area contributed by atoms with Crippen LogP contribution in [0, 0.1) is 5.92 Å². The van der Waals surface area contributed by atoms with Crippen molar-refractivity contribution >= 4 is 23.4 Å². The molecule has 5 nitrogen and oxygen atoms in total. The number of esters is 1. The van der Waals surface area contributed by atoms with Gasteiger partial charge in [0.25, 0.3) is 0 Å². The quantitative estimate of drug-likeness (QED) is 0.645. The molecule has 0 amide bonds. The van der Waals surface area contributed by atoms with E-state index in [-0.39, 0.29) is 17.2 Å². The summed E-state index contributed by atoms with van der Waals surface area (Å²) in [5, 5.41) is 3.10. The number of hydrogen-bond donors (Lipinski definition) is 1. The number of methoxy groups -OCH3 is 1. The molecule has 0 spiro atoms. The maximum Gasteiger partial charge on any atom is 0.328 e. The predicted octanol–water partition coefficient (Wildman–Crippen LogP) is 1.74. The number of ether oxygens (including phenoxy) is 1. The molecule has 0 saturated heterocycles. The fraction of sp³-hybridized carbons (Fsp3) is 0.500. The van der Waals surface area contributed by atoms with E-state index in [1.807, 2.05) is 13.8 Å². The van der Waals surface area contributed by atoms with E-state index in [2.05, 4.69) is 15.3 Å². The van der Waals surface area contributed by atoms with Crippen molar-refractivity contribution in [2.75, 3.05) is 12.4 Å². The minimum Gasteiger partial charge on any atom is -0.467 e. The fourth-order valence-corrected chi connectivity index (χ4v) is 1.35. The number of halogens is 1. The van der Waals surface area contributed by atoms with Gasteiger partial charge in [-0.1, -0.05) is 13.8 Å². The standard InChI is InChI=1S/C10H14ClN3O2/c1-6(2)8(9(15)16-3)13-7-4-5-12-10(11)14-7/h4-6,8H,1-3H3,(H,12,13,14)/t8-/m0/s1. The van der Waals surface area contributed by atoms with Crippen molar-refractivity contribution in [1.82, 2.24) is 9.97 Å². The summed E-state index contributed by atoms with van der Waals surface area (Å²) in [6, 6.07) is 1.19. The summed E-state index contributed by atoms with van der Waals surface area (Å²) in [4.78, 5) is 19.2. The largest absolute Gasteiger partial charge is 0.467 e. The molecule has 1 atom stereocenters. The van der Waals surface area contributed by atoms with Crippen LogP contribution in [0.1, 0.15) is 13.8 Å². The Bertz CT molecular complexity index is 371. The topological polar surface area (TPSA) is 64.1 Å². The SMILES string of the molecule is COC(=O)[C@@H](Nc1ccnc(Cl)n1)C(C)C. The molecule has 0 fully saturated rings. The van der Waals surface area contributed by atoms with Gasteiger partial charge in [0.2, 0.25) is 5.28 Å². The highest BCUT2D eigenvalue weighted by atomic mass is 35.5. The van der Waals surface area contributed by atoms with Crippen molar-refractivity contribution in [3.8, 4) is 0 Å². The molecule has 0 aliphatic carbocycles. The lowest BCUT2D eigenvalue weighted by Crippen LogP contribution is -2.35. The van der Waals surface area contributed by atoms with Crippen molar-refractivity contribution < 1.29 is 9.53 Å². The molecular weight excluding hydrogens is 230 g/mol. The molecule has 1 aromatic heterocycles. The summed E-state index contributed by atoms with van der Waals surface area (Å²) in [5.74, 6) is 0.259. The van der Waals surface area contributed by atoms with Crippen molar-refractivity contribution in [1.29, 1.82) is 0 Å². The van der Waals surface area contributed by atoms with E-state index in [0.29, 0.717) is 5.82 Å². The van der Waals surface area contributed by atoms with E-state index >= 15 is 0 Å². The highest BCUT2D eigenvalue weighted by Crippen LogP contribution is 2.12. The van der Waals surface area contributed by atoms with Crippen LogP contribution in [0.5, 0.6) is 0 Å². The third-order valence-electron chi connectivity index (χ3n) is 2.05. The number of aromatic nitrogens is 2. The molecule has 0 aliphatic rings. The van der Waals surface area contributed by atoms with Gasteiger partial charge in [-0.25, -0.2) is 14.8 Å². The number of hydrogen-bond acceptors (Lipinski definition) is 5. The van der Waals surface area contributed by atoms with E-state index in [9.17, 15) is 4.79 Å². The highest BCUT2D eigenvalue weighted by Gasteiger charge is 2.23. The summed E-state index contributed by atoms with van der Waals surface area (Å²) in [7, 11) is 1.35. The Hall–Kier alpha value is -1.36. The summed E-state index contributed by atoms with van der Waals surface area (Å²) < 4.78 is 4.70. The average molecular weight is 244 g/mol. The molecule has 1 rings (SSSR count). The first kappa shape index (κ1) is 12.7. The molecule has 0 aliphatic heterocycles. The number of nitrogens with zero attached hydrogens (tertiary/aromatic N) is 2. The Labute approximate surface area is 99.2 Å². The second-order valence-corrected chi connectivity index (χ2v) is 3.94. The number of anilines is 1. The molecule has 0 bridgehead atoms. The van der Waals surface area contributed by atoms with Crippen molar-refractivity contribution in [3.05, 3.63) is 17.5 Å². The minimum absolute atomic E-state index is 0.0844. The summed E-state index contributed by atoms with van der Waals surface area (Å²) in [6.45, 7) is 3.83.